The van der Waals surface area contributed by atoms with Crippen LogP contribution in [0.2, 0.25) is 0 Å². The van der Waals surface area contributed by atoms with Crippen LogP contribution in [-0.4, -0.2) is 36.5 Å². The molecule has 2 heterocycles. The molecule has 154 valence electrons. The van der Waals surface area contributed by atoms with E-state index < -0.39 is 0 Å². The maximum absolute atomic E-state index is 13.0. The van der Waals surface area contributed by atoms with Gasteiger partial charge in [-0.2, -0.15) is 0 Å². The Bertz CT molecular complexity index is 786. The molecule has 5 nitrogen and oxygen atoms in total. The molecule has 29 heavy (non-hydrogen) atoms. The van der Waals surface area contributed by atoms with Crippen molar-refractivity contribution < 1.29 is 9.53 Å². The lowest BCUT2D eigenvalue weighted by Gasteiger charge is -2.33. The van der Waals surface area contributed by atoms with Crippen molar-refractivity contribution >= 4 is 5.91 Å². The quantitative estimate of drug-likeness (QED) is 0.789. The van der Waals surface area contributed by atoms with Crippen LogP contribution in [0.25, 0.3) is 0 Å². The highest BCUT2D eigenvalue weighted by Gasteiger charge is 2.34. The molecule has 2 aromatic rings. The molecule has 0 spiro atoms. The summed E-state index contributed by atoms with van der Waals surface area (Å²) in [4.78, 5) is 15.0. The monoisotopic (exact) mass is 393 g/mol. The molecule has 2 fully saturated rings. The highest BCUT2D eigenvalue weighted by Crippen LogP contribution is 2.27. The van der Waals surface area contributed by atoms with E-state index in [0.717, 1.165) is 44.5 Å². The zero-order valence-electron chi connectivity index (χ0n) is 17.1. The molecular weight excluding hydrogens is 362 g/mol. The molecule has 2 saturated heterocycles. The molecule has 2 atom stereocenters. The number of rotatable bonds is 6. The van der Waals surface area contributed by atoms with Crippen molar-refractivity contribution in [3.05, 3.63) is 65.7 Å². The summed E-state index contributed by atoms with van der Waals surface area (Å²) in [5.74, 6) is 1.78. The van der Waals surface area contributed by atoms with Gasteiger partial charge < -0.3 is 9.64 Å². The number of nitrogens with zero attached hydrogens (tertiary/aromatic N) is 1. The molecule has 4 rings (SSSR count). The molecular formula is C24H31N3O2. The molecule has 5 heteroatoms. The SMILES string of the molecule is CCOc1ccc(C2CC(C(=O)N3CCC(Cc4ccccc4)CC3)NN2)cc1. The Balaban J connectivity index is 1.26. The third-order valence-electron chi connectivity index (χ3n) is 6.09. The van der Waals surface area contributed by atoms with Crippen molar-refractivity contribution in [2.75, 3.05) is 19.7 Å². The number of carbonyl (C=O) groups excluding carboxylic acids is 1. The van der Waals surface area contributed by atoms with Crippen LogP contribution in [0.4, 0.5) is 0 Å². The minimum Gasteiger partial charge on any atom is -0.494 e. The number of benzene rings is 2. The lowest BCUT2D eigenvalue weighted by Crippen LogP contribution is -2.48. The Kier molecular flexibility index (Phi) is 6.47. The fraction of sp³-hybridized carbons (Fsp3) is 0.458. The van der Waals surface area contributed by atoms with Crippen molar-refractivity contribution in [3.8, 4) is 5.75 Å². The predicted octanol–water partition coefficient (Wildman–Crippen LogP) is 3.47. The van der Waals surface area contributed by atoms with Gasteiger partial charge in [0.1, 0.15) is 11.8 Å². The molecule has 1 amide bonds. The number of hydrogen-bond donors (Lipinski definition) is 2. The summed E-state index contributed by atoms with van der Waals surface area (Å²) in [6.45, 7) is 4.38. The molecule has 0 bridgehead atoms. The Morgan fingerprint density at radius 1 is 1.03 bits per heavy atom. The zero-order chi connectivity index (χ0) is 20.1. The molecule has 2 unspecified atom stereocenters. The molecule has 0 saturated carbocycles. The number of likely N-dealkylation sites (tertiary alicyclic amines) is 1. The number of amides is 1. The van der Waals surface area contributed by atoms with E-state index in [0.29, 0.717) is 12.5 Å². The van der Waals surface area contributed by atoms with Gasteiger partial charge in [-0.05, 0) is 61.8 Å². The van der Waals surface area contributed by atoms with Crippen LogP contribution in [-0.2, 0) is 11.2 Å². The highest BCUT2D eigenvalue weighted by atomic mass is 16.5. The van der Waals surface area contributed by atoms with Crippen molar-refractivity contribution in [3.63, 3.8) is 0 Å². The van der Waals surface area contributed by atoms with Crippen LogP contribution < -0.4 is 15.6 Å². The van der Waals surface area contributed by atoms with E-state index in [4.69, 9.17) is 4.74 Å². The molecule has 0 radical (unpaired) electrons. The largest absolute Gasteiger partial charge is 0.494 e. The number of piperidine rings is 1. The van der Waals surface area contributed by atoms with E-state index in [2.05, 4.69) is 53.3 Å². The van der Waals surface area contributed by atoms with Crippen molar-refractivity contribution in [1.29, 1.82) is 0 Å². The number of hydrogen-bond acceptors (Lipinski definition) is 4. The second kappa shape index (κ2) is 9.42. The summed E-state index contributed by atoms with van der Waals surface area (Å²) in [5, 5.41) is 0. The zero-order valence-corrected chi connectivity index (χ0v) is 17.1. The molecule has 2 aromatic carbocycles. The Labute approximate surface area is 173 Å². The number of nitrogens with one attached hydrogen (secondary N) is 2. The fourth-order valence-corrected chi connectivity index (χ4v) is 4.43. The molecule has 0 aromatic heterocycles. The third kappa shape index (κ3) is 4.98. The second-order valence-corrected chi connectivity index (χ2v) is 8.09. The first-order valence-electron chi connectivity index (χ1n) is 10.8. The molecule has 2 N–H and O–H groups in total. The van der Waals surface area contributed by atoms with Gasteiger partial charge in [0.15, 0.2) is 0 Å². The Morgan fingerprint density at radius 3 is 2.45 bits per heavy atom. The summed E-state index contributed by atoms with van der Waals surface area (Å²) >= 11 is 0. The topological polar surface area (TPSA) is 53.6 Å². The van der Waals surface area contributed by atoms with E-state index in [1.807, 2.05) is 24.0 Å². The minimum atomic E-state index is -0.155. The Hall–Kier alpha value is -2.37. The predicted molar refractivity (Wildman–Crippen MR) is 114 cm³/mol. The van der Waals surface area contributed by atoms with Gasteiger partial charge in [-0.15, -0.1) is 0 Å². The Morgan fingerprint density at radius 2 is 1.76 bits per heavy atom. The van der Waals surface area contributed by atoms with Crippen LogP contribution in [0.5, 0.6) is 5.75 Å². The van der Waals surface area contributed by atoms with Gasteiger partial charge in [0.05, 0.1) is 6.61 Å². The van der Waals surface area contributed by atoms with E-state index in [1.165, 1.54) is 11.1 Å². The lowest BCUT2D eigenvalue weighted by atomic mass is 9.90. The van der Waals surface area contributed by atoms with Crippen molar-refractivity contribution in [2.45, 2.75) is 44.7 Å². The highest BCUT2D eigenvalue weighted by molar-refractivity contribution is 5.82. The number of ether oxygens (including phenoxy) is 1. The van der Waals surface area contributed by atoms with Crippen LogP contribution >= 0.6 is 0 Å². The first kappa shape index (κ1) is 19.9. The molecule has 0 aliphatic carbocycles. The third-order valence-corrected chi connectivity index (χ3v) is 6.09. The van der Waals surface area contributed by atoms with Gasteiger partial charge >= 0.3 is 0 Å². The summed E-state index contributed by atoms with van der Waals surface area (Å²) in [6, 6.07) is 18.8. The van der Waals surface area contributed by atoms with Gasteiger partial charge in [0.2, 0.25) is 5.91 Å². The van der Waals surface area contributed by atoms with Gasteiger partial charge in [-0.25, -0.2) is 10.9 Å². The van der Waals surface area contributed by atoms with Crippen LogP contribution in [0, 0.1) is 5.92 Å². The summed E-state index contributed by atoms with van der Waals surface area (Å²) in [7, 11) is 0. The number of carbonyl (C=O) groups is 1. The maximum atomic E-state index is 13.0. The first-order chi connectivity index (χ1) is 14.2. The summed E-state index contributed by atoms with van der Waals surface area (Å²) < 4.78 is 5.51. The smallest absolute Gasteiger partial charge is 0.241 e. The van der Waals surface area contributed by atoms with Crippen LogP contribution in [0.15, 0.2) is 54.6 Å². The van der Waals surface area contributed by atoms with Crippen molar-refractivity contribution in [1.82, 2.24) is 15.8 Å². The number of hydrazine groups is 1. The van der Waals surface area contributed by atoms with Gasteiger partial charge in [-0.1, -0.05) is 42.5 Å². The van der Waals surface area contributed by atoms with Crippen LogP contribution in [0.3, 0.4) is 0 Å². The average molecular weight is 394 g/mol. The van der Waals surface area contributed by atoms with E-state index in [9.17, 15) is 4.79 Å². The molecule has 2 aliphatic heterocycles. The average Bonchev–Trinajstić information content (AvgIpc) is 3.26. The van der Waals surface area contributed by atoms with E-state index >= 15 is 0 Å². The lowest BCUT2D eigenvalue weighted by molar-refractivity contribution is -0.134. The molecule has 2 aliphatic rings. The standard InChI is InChI=1S/C24H31N3O2/c1-2-29-21-10-8-20(9-11-21)22-17-23(26-25-22)24(28)27-14-12-19(13-15-27)16-18-6-4-3-5-7-18/h3-11,19,22-23,25-26H,2,12-17H2,1H3. The minimum absolute atomic E-state index is 0.148. The van der Waals surface area contributed by atoms with Crippen molar-refractivity contribution in [2.24, 2.45) is 5.92 Å². The maximum Gasteiger partial charge on any atom is 0.241 e. The van der Waals surface area contributed by atoms with E-state index in [1.54, 1.807) is 0 Å². The normalized spacial score (nSPS) is 22.6. The van der Waals surface area contributed by atoms with Gasteiger partial charge in [0.25, 0.3) is 0 Å². The van der Waals surface area contributed by atoms with E-state index in [-0.39, 0.29) is 18.0 Å². The second-order valence-electron chi connectivity index (χ2n) is 8.09. The van der Waals surface area contributed by atoms with Gasteiger partial charge in [0, 0.05) is 19.1 Å². The summed E-state index contributed by atoms with van der Waals surface area (Å²) in [6.07, 6.45) is 4.06. The fourth-order valence-electron chi connectivity index (χ4n) is 4.43. The van der Waals surface area contributed by atoms with Gasteiger partial charge in [-0.3, -0.25) is 4.79 Å². The first-order valence-corrected chi connectivity index (χ1v) is 10.8. The van der Waals surface area contributed by atoms with Crippen LogP contribution in [0.1, 0.15) is 43.4 Å². The summed E-state index contributed by atoms with van der Waals surface area (Å²) in [5.41, 5.74) is 9.10.